The standard InChI is InChI=1S/C23H21ClN6O/c1-16-4-7-18(24)15-21(16)28-11-13-29(14-12-28)23(31)17-5-8-19(9-6-17)30-22-20(26-27-30)3-2-10-25-22/h2-10,15H,11-14H2,1H3. The second-order valence-corrected chi connectivity index (χ2v) is 8.04. The molecule has 3 heterocycles. The Morgan fingerprint density at radius 3 is 2.55 bits per heavy atom. The number of hydrogen-bond donors (Lipinski definition) is 0. The zero-order chi connectivity index (χ0) is 21.4. The third kappa shape index (κ3) is 3.72. The van der Waals surface area contributed by atoms with Crippen LogP contribution in [0.3, 0.4) is 0 Å². The average Bonchev–Trinajstić information content (AvgIpc) is 3.25. The van der Waals surface area contributed by atoms with Crippen molar-refractivity contribution in [1.29, 1.82) is 0 Å². The molecule has 0 spiro atoms. The minimum absolute atomic E-state index is 0.0376. The molecule has 31 heavy (non-hydrogen) atoms. The third-order valence-electron chi connectivity index (χ3n) is 5.65. The van der Waals surface area contributed by atoms with E-state index in [-0.39, 0.29) is 5.91 Å². The number of carbonyl (C=O) groups is 1. The molecule has 0 unspecified atom stereocenters. The Kier molecular flexibility index (Phi) is 5.03. The highest BCUT2D eigenvalue weighted by molar-refractivity contribution is 6.30. The van der Waals surface area contributed by atoms with Gasteiger partial charge in [-0.15, -0.1) is 5.10 Å². The van der Waals surface area contributed by atoms with Crippen LogP contribution in [0.25, 0.3) is 16.9 Å². The quantitative estimate of drug-likeness (QED) is 0.493. The maximum absolute atomic E-state index is 13.0. The van der Waals surface area contributed by atoms with Gasteiger partial charge in [-0.2, -0.15) is 4.68 Å². The van der Waals surface area contributed by atoms with Crippen LogP contribution in [0, 0.1) is 6.92 Å². The Labute approximate surface area is 184 Å². The summed E-state index contributed by atoms with van der Waals surface area (Å²) in [5.74, 6) is 0.0376. The van der Waals surface area contributed by atoms with Crippen LogP contribution < -0.4 is 4.90 Å². The van der Waals surface area contributed by atoms with Gasteiger partial charge in [0.1, 0.15) is 5.52 Å². The number of anilines is 1. The summed E-state index contributed by atoms with van der Waals surface area (Å²) in [5, 5.41) is 9.04. The molecule has 0 atom stereocenters. The van der Waals surface area contributed by atoms with Crippen molar-refractivity contribution in [3.05, 3.63) is 76.9 Å². The molecule has 7 nitrogen and oxygen atoms in total. The fourth-order valence-corrected chi connectivity index (χ4v) is 4.11. The molecule has 8 heteroatoms. The molecule has 1 aliphatic heterocycles. The van der Waals surface area contributed by atoms with Crippen LogP contribution in [-0.2, 0) is 0 Å². The lowest BCUT2D eigenvalue weighted by Gasteiger charge is -2.37. The largest absolute Gasteiger partial charge is 0.368 e. The molecule has 0 saturated carbocycles. The van der Waals surface area contributed by atoms with E-state index in [1.807, 2.05) is 59.5 Å². The first kappa shape index (κ1) is 19.5. The SMILES string of the molecule is Cc1ccc(Cl)cc1N1CCN(C(=O)c2ccc(-n3nnc4cccnc43)cc2)CC1. The molecule has 1 amide bonds. The summed E-state index contributed by atoms with van der Waals surface area (Å²) in [6.07, 6.45) is 1.71. The molecule has 1 aliphatic rings. The van der Waals surface area contributed by atoms with Gasteiger partial charge < -0.3 is 9.80 Å². The van der Waals surface area contributed by atoms with Crippen LogP contribution in [0.4, 0.5) is 5.69 Å². The number of piperazine rings is 1. The molecule has 156 valence electrons. The van der Waals surface area contributed by atoms with Gasteiger partial charge in [0, 0.05) is 48.6 Å². The van der Waals surface area contributed by atoms with Gasteiger partial charge in [-0.05, 0) is 61.0 Å². The zero-order valence-electron chi connectivity index (χ0n) is 17.1. The number of benzene rings is 2. The highest BCUT2D eigenvalue weighted by Crippen LogP contribution is 2.25. The van der Waals surface area contributed by atoms with Gasteiger partial charge in [0.25, 0.3) is 5.91 Å². The van der Waals surface area contributed by atoms with E-state index in [0.29, 0.717) is 24.3 Å². The Bertz CT molecular complexity index is 1240. The number of hydrogen-bond acceptors (Lipinski definition) is 5. The van der Waals surface area contributed by atoms with Gasteiger partial charge in [0.05, 0.1) is 5.69 Å². The van der Waals surface area contributed by atoms with Gasteiger partial charge in [-0.25, -0.2) is 4.98 Å². The van der Waals surface area contributed by atoms with Gasteiger partial charge >= 0.3 is 0 Å². The number of halogens is 1. The fourth-order valence-electron chi connectivity index (χ4n) is 3.94. The van der Waals surface area contributed by atoms with Gasteiger partial charge in [-0.3, -0.25) is 4.79 Å². The fraction of sp³-hybridized carbons (Fsp3) is 0.217. The lowest BCUT2D eigenvalue weighted by molar-refractivity contribution is 0.0747. The van der Waals surface area contributed by atoms with E-state index in [1.165, 1.54) is 5.56 Å². The minimum atomic E-state index is 0.0376. The molecule has 0 bridgehead atoms. The number of rotatable bonds is 3. The number of aromatic nitrogens is 4. The molecule has 0 N–H and O–H groups in total. The molecule has 4 aromatic rings. The third-order valence-corrected chi connectivity index (χ3v) is 5.88. The summed E-state index contributed by atoms with van der Waals surface area (Å²) in [6, 6.07) is 17.1. The minimum Gasteiger partial charge on any atom is -0.368 e. The number of aryl methyl sites for hydroxylation is 1. The van der Waals surface area contributed by atoms with Crippen molar-refractivity contribution < 1.29 is 4.79 Å². The number of pyridine rings is 1. The van der Waals surface area contributed by atoms with Crippen molar-refractivity contribution in [1.82, 2.24) is 24.9 Å². The predicted molar refractivity (Wildman–Crippen MR) is 121 cm³/mol. The van der Waals surface area contributed by atoms with Crippen LogP contribution in [-0.4, -0.2) is 57.0 Å². The molecule has 0 aliphatic carbocycles. The molecule has 1 saturated heterocycles. The van der Waals surface area contributed by atoms with Crippen LogP contribution in [0.15, 0.2) is 60.8 Å². The Balaban J connectivity index is 1.28. The Morgan fingerprint density at radius 1 is 1.00 bits per heavy atom. The van der Waals surface area contributed by atoms with E-state index in [4.69, 9.17) is 11.6 Å². The Morgan fingerprint density at radius 2 is 1.77 bits per heavy atom. The summed E-state index contributed by atoms with van der Waals surface area (Å²) >= 11 is 6.17. The summed E-state index contributed by atoms with van der Waals surface area (Å²) in [7, 11) is 0. The number of carbonyl (C=O) groups excluding carboxylic acids is 1. The second kappa shape index (κ2) is 8.00. The first-order chi connectivity index (χ1) is 15.1. The first-order valence-electron chi connectivity index (χ1n) is 10.2. The van der Waals surface area contributed by atoms with Crippen molar-refractivity contribution in [3.8, 4) is 5.69 Å². The van der Waals surface area contributed by atoms with Crippen LogP contribution in [0.1, 0.15) is 15.9 Å². The van der Waals surface area contributed by atoms with E-state index in [0.717, 1.165) is 35.0 Å². The normalized spacial score (nSPS) is 14.3. The zero-order valence-corrected chi connectivity index (χ0v) is 17.8. The van der Waals surface area contributed by atoms with E-state index in [9.17, 15) is 4.79 Å². The highest BCUT2D eigenvalue weighted by atomic mass is 35.5. The van der Waals surface area contributed by atoms with Crippen LogP contribution in [0.5, 0.6) is 0 Å². The van der Waals surface area contributed by atoms with Crippen molar-refractivity contribution in [2.45, 2.75) is 6.92 Å². The van der Waals surface area contributed by atoms with E-state index in [2.05, 4.69) is 27.1 Å². The van der Waals surface area contributed by atoms with Crippen molar-refractivity contribution >= 4 is 34.4 Å². The summed E-state index contributed by atoms with van der Waals surface area (Å²) in [6.45, 7) is 4.98. The summed E-state index contributed by atoms with van der Waals surface area (Å²) in [5.41, 5.74) is 5.23. The van der Waals surface area contributed by atoms with Gasteiger partial charge in [-0.1, -0.05) is 22.9 Å². The molecule has 5 rings (SSSR count). The molecular weight excluding hydrogens is 412 g/mol. The molecule has 1 fully saturated rings. The number of fused-ring (bicyclic) bond motifs is 1. The van der Waals surface area contributed by atoms with Crippen LogP contribution in [0.2, 0.25) is 5.02 Å². The number of amides is 1. The lowest BCUT2D eigenvalue weighted by atomic mass is 10.1. The smallest absolute Gasteiger partial charge is 0.253 e. The summed E-state index contributed by atoms with van der Waals surface area (Å²) in [4.78, 5) is 21.5. The molecule has 0 radical (unpaired) electrons. The van der Waals surface area contributed by atoms with E-state index >= 15 is 0 Å². The maximum atomic E-state index is 13.0. The first-order valence-corrected chi connectivity index (χ1v) is 10.6. The molecule has 2 aromatic carbocycles. The van der Waals surface area contributed by atoms with Crippen molar-refractivity contribution in [3.63, 3.8) is 0 Å². The summed E-state index contributed by atoms with van der Waals surface area (Å²) < 4.78 is 1.68. The predicted octanol–water partition coefficient (Wildman–Crippen LogP) is 3.74. The number of nitrogens with zero attached hydrogens (tertiary/aromatic N) is 6. The van der Waals surface area contributed by atoms with Gasteiger partial charge in [0.15, 0.2) is 5.65 Å². The average molecular weight is 433 g/mol. The van der Waals surface area contributed by atoms with Crippen LogP contribution >= 0.6 is 11.6 Å². The van der Waals surface area contributed by atoms with Crippen molar-refractivity contribution in [2.75, 3.05) is 31.1 Å². The van der Waals surface area contributed by atoms with Gasteiger partial charge in [0.2, 0.25) is 0 Å². The topological polar surface area (TPSA) is 67.2 Å². The van der Waals surface area contributed by atoms with E-state index < -0.39 is 0 Å². The van der Waals surface area contributed by atoms with Crippen molar-refractivity contribution in [2.24, 2.45) is 0 Å². The molecular formula is C23H21ClN6O. The maximum Gasteiger partial charge on any atom is 0.253 e. The molecule has 2 aromatic heterocycles. The highest BCUT2D eigenvalue weighted by Gasteiger charge is 2.23. The Hall–Kier alpha value is -3.45. The second-order valence-electron chi connectivity index (χ2n) is 7.60. The van der Waals surface area contributed by atoms with E-state index in [1.54, 1.807) is 10.9 Å². The monoisotopic (exact) mass is 432 g/mol. The lowest BCUT2D eigenvalue weighted by Crippen LogP contribution is -2.49.